The average molecular weight is 232 g/mol. The van der Waals surface area contributed by atoms with Crippen molar-refractivity contribution in [2.24, 2.45) is 11.7 Å². The molecule has 2 unspecified atom stereocenters. The van der Waals surface area contributed by atoms with E-state index in [1.807, 2.05) is 0 Å². The minimum absolute atomic E-state index is 0.378. The minimum Gasteiger partial charge on any atom is -0.327 e. The molecule has 0 bridgehead atoms. The van der Waals surface area contributed by atoms with Gasteiger partial charge in [-0.15, -0.1) is 0 Å². The molecular formula is C15H24N2. The second-order valence-electron chi connectivity index (χ2n) is 5.20. The van der Waals surface area contributed by atoms with Crippen LogP contribution in [0.4, 0.5) is 0 Å². The fourth-order valence-corrected chi connectivity index (χ4v) is 2.78. The Hall–Kier alpha value is -0.860. The number of benzene rings is 1. The highest BCUT2D eigenvalue weighted by atomic mass is 15.1. The van der Waals surface area contributed by atoms with E-state index in [9.17, 15) is 0 Å². The van der Waals surface area contributed by atoms with Gasteiger partial charge in [0.1, 0.15) is 0 Å². The first-order valence-corrected chi connectivity index (χ1v) is 6.81. The Morgan fingerprint density at radius 2 is 2.06 bits per heavy atom. The predicted octanol–water partition coefficient (Wildman–Crippen LogP) is 2.29. The number of piperidine rings is 1. The zero-order valence-electron chi connectivity index (χ0n) is 10.8. The predicted molar refractivity (Wildman–Crippen MR) is 73.0 cm³/mol. The van der Waals surface area contributed by atoms with E-state index >= 15 is 0 Å². The molecule has 1 saturated heterocycles. The number of hydrogen-bond acceptors (Lipinski definition) is 2. The second kappa shape index (κ2) is 6.18. The van der Waals surface area contributed by atoms with Gasteiger partial charge in [-0.05, 0) is 43.8 Å². The van der Waals surface area contributed by atoms with Crippen LogP contribution in [0.15, 0.2) is 30.3 Å². The topological polar surface area (TPSA) is 29.3 Å². The molecule has 2 N–H and O–H groups in total. The molecule has 1 aliphatic rings. The van der Waals surface area contributed by atoms with E-state index in [-0.39, 0.29) is 0 Å². The summed E-state index contributed by atoms with van der Waals surface area (Å²) >= 11 is 0. The third-order valence-electron chi connectivity index (χ3n) is 3.76. The number of hydrogen-bond donors (Lipinski definition) is 1. The zero-order valence-corrected chi connectivity index (χ0v) is 10.8. The Labute approximate surface area is 105 Å². The average Bonchev–Trinajstić information content (AvgIpc) is 2.35. The van der Waals surface area contributed by atoms with Crippen LogP contribution < -0.4 is 5.73 Å². The van der Waals surface area contributed by atoms with Gasteiger partial charge in [-0.1, -0.05) is 37.3 Å². The Balaban J connectivity index is 1.94. The molecule has 2 rings (SSSR count). The Morgan fingerprint density at radius 1 is 1.29 bits per heavy atom. The Kier molecular flexibility index (Phi) is 4.57. The van der Waals surface area contributed by atoms with Crippen molar-refractivity contribution in [3.63, 3.8) is 0 Å². The largest absolute Gasteiger partial charge is 0.327 e. The smallest absolute Gasteiger partial charge is 0.00947 e. The summed E-state index contributed by atoms with van der Waals surface area (Å²) in [5.74, 6) is 0.623. The molecule has 2 nitrogen and oxygen atoms in total. The molecule has 0 aromatic heterocycles. The normalized spacial score (nSPS) is 26.0. The first-order chi connectivity index (χ1) is 8.29. The summed E-state index contributed by atoms with van der Waals surface area (Å²) in [7, 11) is 0. The van der Waals surface area contributed by atoms with Gasteiger partial charge in [-0.3, -0.25) is 0 Å². The lowest BCUT2D eigenvalue weighted by atomic mass is 9.87. The van der Waals surface area contributed by atoms with Crippen LogP contribution in [0.2, 0.25) is 0 Å². The molecule has 94 valence electrons. The maximum atomic E-state index is 6.26. The van der Waals surface area contributed by atoms with Crippen molar-refractivity contribution in [1.82, 2.24) is 4.90 Å². The molecule has 1 aliphatic heterocycles. The van der Waals surface area contributed by atoms with Crippen molar-refractivity contribution in [3.8, 4) is 0 Å². The summed E-state index contributed by atoms with van der Waals surface area (Å²) < 4.78 is 0. The molecule has 0 aliphatic carbocycles. The summed E-state index contributed by atoms with van der Waals surface area (Å²) in [5, 5.41) is 0. The lowest BCUT2D eigenvalue weighted by Crippen LogP contribution is -2.48. The molecule has 1 heterocycles. The maximum Gasteiger partial charge on any atom is 0.00947 e. The van der Waals surface area contributed by atoms with Crippen LogP contribution in [0.3, 0.4) is 0 Å². The lowest BCUT2D eigenvalue weighted by molar-refractivity contribution is 0.155. The van der Waals surface area contributed by atoms with Crippen molar-refractivity contribution in [2.75, 3.05) is 19.6 Å². The molecule has 1 fully saturated rings. The van der Waals surface area contributed by atoms with Gasteiger partial charge in [0.25, 0.3) is 0 Å². The fourth-order valence-electron chi connectivity index (χ4n) is 2.78. The highest BCUT2D eigenvalue weighted by Gasteiger charge is 2.26. The highest BCUT2D eigenvalue weighted by Crippen LogP contribution is 2.20. The molecule has 0 spiro atoms. The van der Waals surface area contributed by atoms with Gasteiger partial charge in [-0.2, -0.15) is 0 Å². The van der Waals surface area contributed by atoms with Crippen LogP contribution in [0.25, 0.3) is 0 Å². The van der Waals surface area contributed by atoms with Gasteiger partial charge in [0, 0.05) is 12.6 Å². The van der Waals surface area contributed by atoms with Gasteiger partial charge in [-0.25, -0.2) is 0 Å². The molecule has 1 aromatic carbocycles. The summed E-state index contributed by atoms with van der Waals surface area (Å²) in [5.41, 5.74) is 7.68. The molecule has 0 radical (unpaired) electrons. The van der Waals surface area contributed by atoms with Crippen LogP contribution in [-0.4, -0.2) is 30.6 Å². The molecule has 0 amide bonds. The zero-order chi connectivity index (χ0) is 12.1. The van der Waals surface area contributed by atoms with Crippen molar-refractivity contribution in [3.05, 3.63) is 35.9 Å². The van der Waals surface area contributed by atoms with E-state index in [1.54, 1.807) is 0 Å². The Bertz CT molecular complexity index is 323. The van der Waals surface area contributed by atoms with Crippen LogP contribution in [0.5, 0.6) is 0 Å². The highest BCUT2D eigenvalue weighted by molar-refractivity contribution is 5.16. The third-order valence-corrected chi connectivity index (χ3v) is 3.76. The van der Waals surface area contributed by atoms with E-state index < -0.39 is 0 Å². The summed E-state index contributed by atoms with van der Waals surface area (Å²) in [6, 6.07) is 11.1. The fraction of sp³-hybridized carbons (Fsp3) is 0.600. The van der Waals surface area contributed by atoms with Gasteiger partial charge >= 0.3 is 0 Å². The first kappa shape index (κ1) is 12.6. The number of nitrogens with two attached hydrogens (primary N) is 1. The molecule has 0 saturated carbocycles. The van der Waals surface area contributed by atoms with Gasteiger partial charge in [0.05, 0.1) is 0 Å². The van der Waals surface area contributed by atoms with E-state index in [0.717, 1.165) is 12.8 Å². The van der Waals surface area contributed by atoms with Crippen molar-refractivity contribution < 1.29 is 0 Å². The quantitative estimate of drug-likeness (QED) is 0.863. The standard InChI is InChI=1S/C15H24N2/c1-2-9-17-10-8-15(16)14(12-17)11-13-6-4-3-5-7-13/h3-7,14-15H,2,8-12,16H2,1H3. The molecule has 1 aromatic rings. The van der Waals surface area contributed by atoms with Crippen molar-refractivity contribution in [1.29, 1.82) is 0 Å². The van der Waals surface area contributed by atoms with Gasteiger partial charge in [0.15, 0.2) is 0 Å². The second-order valence-corrected chi connectivity index (χ2v) is 5.20. The minimum atomic E-state index is 0.378. The van der Waals surface area contributed by atoms with Crippen LogP contribution >= 0.6 is 0 Å². The Morgan fingerprint density at radius 3 is 2.76 bits per heavy atom. The van der Waals surface area contributed by atoms with Crippen molar-refractivity contribution >= 4 is 0 Å². The molecule has 2 heteroatoms. The SMILES string of the molecule is CCCN1CCC(N)C(Cc2ccccc2)C1. The van der Waals surface area contributed by atoms with E-state index in [0.29, 0.717) is 12.0 Å². The number of rotatable bonds is 4. The monoisotopic (exact) mass is 232 g/mol. The van der Waals surface area contributed by atoms with E-state index in [4.69, 9.17) is 5.73 Å². The molecular weight excluding hydrogens is 208 g/mol. The molecule has 17 heavy (non-hydrogen) atoms. The summed E-state index contributed by atoms with van der Waals surface area (Å²) in [6.45, 7) is 5.82. The van der Waals surface area contributed by atoms with Gasteiger partial charge in [0.2, 0.25) is 0 Å². The van der Waals surface area contributed by atoms with Crippen LogP contribution in [0.1, 0.15) is 25.3 Å². The maximum absolute atomic E-state index is 6.26. The van der Waals surface area contributed by atoms with Crippen molar-refractivity contribution in [2.45, 2.75) is 32.2 Å². The lowest BCUT2D eigenvalue weighted by Gasteiger charge is -2.37. The first-order valence-electron chi connectivity index (χ1n) is 6.81. The van der Waals surface area contributed by atoms with E-state index in [1.165, 1.54) is 31.6 Å². The van der Waals surface area contributed by atoms with Crippen LogP contribution in [-0.2, 0) is 6.42 Å². The van der Waals surface area contributed by atoms with Gasteiger partial charge < -0.3 is 10.6 Å². The van der Waals surface area contributed by atoms with Crippen LogP contribution in [0, 0.1) is 5.92 Å². The third kappa shape index (κ3) is 3.55. The summed E-state index contributed by atoms with van der Waals surface area (Å²) in [4.78, 5) is 2.57. The van der Waals surface area contributed by atoms with E-state index in [2.05, 4.69) is 42.2 Å². The molecule has 2 atom stereocenters. The number of nitrogens with zero attached hydrogens (tertiary/aromatic N) is 1. The summed E-state index contributed by atoms with van der Waals surface area (Å²) in [6.07, 6.45) is 3.52. The number of likely N-dealkylation sites (tertiary alicyclic amines) is 1.